The maximum atomic E-state index is 13.4. The van der Waals surface area contributed by atoms with Crippen molar-refractivity contribution in [3.63, 3.8) is 0 Å². The molecular formula is C19H13ClF3NO4S. The summed E-state index contributed by atoms with van der Waals surface area (Å²) < 4.78 is 45.1. The van der Waals surface area contributed by atoms with E-state index in [2.05, 4.69) is 5.32 Å². The first-order chi connectivity index (χ1) is 13.7. The minimum Gasteiger partial charge on any atom is -0.478 e. The van der Waals surface area contributed by atoms with Gasteiger partial charge in [-0.1, -0.05) is 23.7 Å². The van der Waals surface area contributed by atoms with E-state index in [1.807, 2.05) is 0 Å². The van der Waals surface area contributed by atoms with E-state index in [1.54, 1.807) is 24.3 Å². The fraction of sp³-hybridized carbons (Fsp3) is 0.158. The number of aromatic carboxylic acids is 1. The quantitative estimate of drug-likeness (QED) is 0.510. The van der Waals surface area contributed by atoms with Gasteiger partial charge in [0.15, 0.2) is 0 Å². The van der Waals surface area contributed by atoms with Crippen LogP contribution in [0.25, 0.3) is 11.1 Å². The largest absolute Gasteiger partial charge is 0.478 e. The first kappa shape index (κ1) is 20.9. The third-order valence-electron chi connectivity index (χ3n) is 4.09. The van der Waals surface area contributed by atoms with Gasteiger partial charge in [0, 0.05) is 22.4 Å². The number of hydrogen-bond acceptors (Lipinski definition) is 4. The Hall–Kier alpha value is -2.78. The summed E-state index contributed by atoms with van der Waals surface area (Å²) in [6.45, 7) is 0. The molecule has 2 aromatic heterocycles. The molecule has 1 atom stereocenters. The minimum atomic E-state index is -4.84. The van der Waals surface area contributed by atoms with E-state index in [-0.39, 0.29) is 21.9 Å². The Kier molecular flexibility index (Phi) is 5.99. The number of carbonyl (C=O) groups excluding carboxylic acids is 1. The van der Waals surface area contributed by atoms with Crippen molar-refractivity contribution in [2.24, 2.45) is 5.92 Å². The van der Waals surface area contributed by atoms with Gasteiger partial charge in [-0.15, -0.1) is 11.3 Å². The Morgan fingerprint density at radius 3 is 2.45 bits per heavy atom. The predicted octanol–water partition coefficient (Wildman–Crippen LogP) is 5.72. The molecule has 0 spiro atoms. The highest BCUT2D eigenvalue weighted by Crippen LogP contribution is 2.37. The highest BCUT2D eigenvalue weighted by atomic mass is 35.5. The number of halogens is 4. The van der Waals surface area contributed by atoms with Crippen LogP contribution >= 0.6 is 22.9 Å². The number of anilines is 1. The topological polar surface area (TPSA) is 79.5 Å². The van der Waals surface area contributed by atoms with Crippen molar-refractivity contribution in [1.29, 1.82) is 0 Å². The van der Waals surface area contributed by atoms with Gasteiger partial charge in [0.1, 0.15) is 22.2 Å². The number of rotatable bonds is 6. The second-order valence-corrected chi connectivity index (χ2v) is 7.35. The lowest BCUT2D eigenvalue weighted by molar-refractivity contribution is -0.179. The van der Waals surface area contributed by atoms with Crippen molar-refractivity contribution in [3.8, 4) is 11.1 Å². The number of furan rings is 1. The molecule has 1 amide bonds. The van der Waals surface area contributed by atoms with Crippen LogP contribution in [-0.2, 0) is 11.2 Å². The van der Waals surface area contributed by atoms with Gasteiger partial charge in [-0.2, -0.15) is 13.2 Å². The van der Waals surface area contributed by atoms with Gasteiger partial charge in [0.05, 0.1) is 6.26 Å². The predicted molar refractivity (Wildman–Crippen MR) is 102 cm³/mol. The Balaban J connectivity index is 1.91. The summed E-state index contributed by atoms with van der Waals surface area (Å²) in [5.41, 5.74) is 0.486. The molecule has 0 aliphatic heterocycles. The number of benzene rings is 1. The minimum absolute atomic E-state index is 0.00559. The molecule has 29 heavy (non-hydrogen) atoms. The molecular weight excluding hydrogens is 431 g/mol. The van der Waals surface area contributed by atoms with Crippen LogP contribution in [0.2, 0.25) is 5.02 Å². The number of alkyl halides is 3. The van der Waals surface area contributed by atoms with Crippen molar-refractivity contribution in [2.75, 3.05) is 5.32 Å². The van der Waals surface area contributed by atoms with Crippen molar-refractivity contribution in [2.45, 2.75) is 12.6 Å². The highest BCUT2D eigenvalue weighted by Gasteiger charge is 2.45. The number of thiophene rings is 1. The van der Waals surface area contributed by atoms with Crippen LogP contribution in [0.1, 0.15) is 16.1 Å². The highest BCUT2D eigenvalue weighted by molar-refractivity contribution is 7.15. The molecule has 0 saturated carbocycles. The lowest BCUT2D eigenvalue weighted by Gasteiger charge is -2.18. The second kappa shape index (κ2) is 8.30. The molecule has 0 fully saturated rings. The molecule has 2 heterocycles. The summed E-state index contributed by atoms with van der Waals surface area (Å²) in [5.74, 6) is -5.13. The van der Waals surface area contributed by atoms with Gasteiger partial charge >= 0.3 is 12.1 Å². The molecule has 152 valence electrons. The van der Waals surface area contributed by atoms with E-state index in [4.69, 9.17) is 16.0 Å². The standard InChI is InChI=1S/C19H13ClF3NO4S/c20-11-5-3-10(4-6-11)13-9-29-17(15(13)18(26)27)24-16(25)14(19(21,22)23)8-12-2-1-7-28-12/h1-7,9,14H,8H2,(H,24,25)(H,26,27). The van der Waals surface area contributed by atoms with E-state index in [1.165, 1.54) is 23.8 Å². The molecule has 1 aromatic carbocycles. The molecule has 10 heteroatoms. The number of carboxylic acid groups (broad SMARTS) is 1. The SMILES string of the molecule is O=C(O)c1c(-c2ccc(Cl)cc2)csc1NC(=O)C(Cc1ccco1)C(F)(F)F. The number of hydrogen-bond donors (Lipinski definition) is 2. The van der Waals surface area contributed by atoms with Crippen LogP contribution in [0.4, 0.5) is 18.2 Å². The van der Waals surface area contributed by atoms with E-state index in [9.17, 15) is 27.9 Å². The summed E-state index contributed by atoms with van der Waals surface area (Å²) in [6, 6.07) is 9.03. The molecule has 1 unspecified atom stereocenters. The van der Waals surface area contributed by atoms with Crippen LogP contribution in [0, 0.1) is 5.92 Å². The zero-order valence-corrected chi connectivity index (χ0v) is 16.1. The van der Waals surface area contributed by atoms with Gasteiger partial charge in [0.2, 0.25) is 5.91 Å². The first-order valence-electron chi connectivity index (χ1n) is 8.17. The van der Waals surface area contributed by atoms with Gasteiger partial charge in [-0.05, 0) is 29.8 Å². The Morgan fingerprint density at radius 2 is 1.90 bits per heavy atom. The molecule has 0 aliphatic carbocycles. The lowest BCUT2D eigenvalue weighted by atomic mass is 10.0. The van der Waals surface area contributed by atoms with Crippen LogP contribution in [0.3, 0.4) is 0 Å². The zero-order valence-electron chi connectivity index (χ0n) is 14.5. The molecule has 0 radical (unpaired) electrons. The van der Waals surface area contributed by atoms with Gasteiger partial charge in [0.25, 0.3) is 0 Å². The summed E-state index contributed by atoms with van der Waals surface area (Å²) >= 11 is 6.66. The monoisotopic (exact) mass is 443 g/mol. The summed E-state index contributed by atoms with van der Waals surface area (Å²) in [6.07, 6.45) is -4.32. The van der Waals surface area contributed by atoms with Gasteiger partial charge in [-0.3, -0.25) is 4.79 Å². The first-order valence-corrected chi connectivity index (χ1v) is 9.43. The van der Waals surface area contributed by atoms with Gasteiger partial charge < -0.3 is 14.8 Å². The fourth-order valence-electron chi connectivity index (χ4n) is 2.69. The average Bonchev–Trinajstić information content (AvgIpc) is 3.29. The van der Waals surface area contributed by atoms with Crippen LogP contribution < -0.4 is 5.32 Å². The normalized spacial score (nSPS) is 12.6. The maximum absolute atomic E-state index is 13.4. The zero-order chi connectivity index (χ0) is 21.2. The van der Waals surface area contributed by atoms with Crippen molar-refractivity contribution >= 4 is 39.8 Å². The smallest absolute Gasteiger partial charge is 0.400 e. The number of amides is 1. The Morgan fingerprint density at radius 1 is 1.21 bits per heavy atom. The van der Waals surface area contributed by atoms with Crippen LogP contribution in [0.5, 0.6) is 0 Å². The molecule has 3 aromatic rings. The summed E-state index contributed by atoms with van der Waals surface area (Å²) in [7, 11) is 0. The fourth-order valence-corrected chi connectivity index (χ4v) is 3.78. The Labute approximate surface area is 171 Å². The second-order valence-electron chi connectivity index (χ2n) is 6.03. The number of carbonyl (C=O) groups is 2. The lowest BCUT2D eigenvalue weighted by Crippen LogP contribution is -2.36. The molecule has 0 saturated heterocycles. The molecule has 3 rings (SSSR count). The van der Waals surface area contributed by atoms with Crippen LogP contribution in [0.15, 0.2) is 52.5 Å². The van der Waals surface area contributed by atoms with E-state index in [0.29, 0.717) is 10.6 Å². The third-order valence-corrected chi connectivity index (χ3v) is 5.24. The number of carboxylic acids is 1. The van der Waals surface area contributed by atoms with E-state index < -0.39 is 30.4 Å². The average molecular weight is 444 g/mol. The van der Waals surface area contributed by atoms with Crippen molar-refractivity contribution in [3.05, 3.63) is 64.4 Å². The van der Waals surface area contributed by atoms with E-state index >= 15 is 0 Å². The number of nitrogens with one attached hydrogen (secondary N) is 1. The van der Waals surface area contributed by atoms with E-state index in [0.717, 1.165) is 11.3 Å². The van der Waals surface area contributed by atoms with Crippen LogP contribution in [-0.4, -0.2) is 23.2 Å². The molecule has 2 N–H and O–H groups in total. The molecule has 0 aliphatic rings. The maximum Gasteiger partial charge on any atom is 0.400 e. The Bertz CT molecular complexity index is 1010. The summed E-state index contributed by atoms with van der Waals surface area (Å²) in [5, 5.41) is 13.4. The molecule has 5 nitrogen and oxygen atoms in total. The summed E-state index contributed by atoms with van der Waals surface area (Å²) in [4.78, 5) is 24.1. The third kappa shape index (κ3) is 4.80. The van der Waals surface area contributed by atoms with Crippen molar-refractivity contribution in [1.82, 2.24) is 0 Å². The van der Waals surface area contributed by atoms with Crippen molar-refractivity contribution < 1.29 is 32.3 Å². The molecule has 0 bridgehead atoms. The van der Waals surface area contributed by atoms with Gasteiger partial charge in [-0.25, -0.2) is 4.79 Å².